The minimum absolute atomic E-state index is 0.609. The number of benzene rings is 6. The van der Waals surface area contributed by atoms with E-state index in [1.807, 2.05) is 54.6 Å². The van der Waals surface area contributed by atoms with Crippen molar-refractivity contribution in [3.8, 4) is 45.5 Å². The van der Waals surface area contributed by atoms with E-state index in [-0.39, 0.29) is 0 Å². The van der Waals surface area contributed by atoms with Gasteiger partial charge in [-0.3, -0.25) is 0 Å². The Balaban J connectivity index is 1.49. The molecular weight excluding hydrogens is 532 g/mol. The summed E-state index contributed by atoms with van der Waals surface area (Å²) in [6.45, 7) is 0. The molecule has 0 aliphatic heterocycles. The molecule has 6 aromatic carbocycles. The minimum Gasteiger partial charge on any atom is -0.456 e. The standard InChI is InChI=1S/C38H20N2OS/c39-21-23-15-17-24(18-16-23)25-19-31(27-9-6-13-35-37(27)30-8-1-3-12-34(30)41-35)33(22-40)32(20-25)29-11-5-10-28-26-7-2-4-14-36(26)42-38(28)29/h1-20H. The van der Waals surface area contributed by atoms with Crippen molar-refractivity contribution < 1.29 is 4.42 Å². The number of thiophene rings is 1. The number of nitriles is 2. The summed E-state index contributed by atoms with van der Waals surface area (Å²) < 4.78 is 8.60. The Morgan fingerprint density at radius 2 is 1.19 bits per heavy atom. The Bertz CT molecular complexity index is 2430. The van der Waals surface area contributed by atoms with Gasteiger partial charge in [-0.1, -0.05) is 78.9 Å². The Morgan fingerprint density at radius 3 is 2.00 bits per heavy atom. The molecule has 0 fully saturated rings. The molecule has 194 valence electrons. The maximum absolute atomic E-state index is 10.8. The summed E-state index contributed by atoms with van der Waals surface area (Å²) in [4.78, 5) is 0. The third kappa shape index (κ3) is 3.64. The van der Waals surface area contributed by atoms with Gasteiger partial charge in [-0.25, -0.2) is 0 Å². The molecule has 0 radical (unpaired) electrons. The molecule has 2 aromatic heterocycles. The third-order valence-electron chi connectivity index (χ3n) is 7.98. The monoisotopic (exact) mass is 552 g/mol. The Hall–Kier alpha value is -5.68. The number of rotatable bonds is 3. The van der Waals surface area contributed by atoms with Crippen LogP contribution < -0.4 is 0 Å². The van der Waals surface area contributed by atoms with Gasteiger partial charge in [0.1, 0.15) is 17.2 Å². The summed E-state index contributed by atoms with van der Waals surface area (Å²) in [7, 11) is 0. The van der Waals surface area contributed by atoms with Crippen molar-refractivity contribution in [2.45, 2.75) is 0 Å². The zero-order chi connectivity index (χ0) is 28.2. The van der Waals surface area contributed by atoms with Gasteiger partial charge < -0.3 is 4.42 Å². The van der Waals surface area contributed by atoms with E-state index in [0.29, 0.717) is 11.1 Å². The summed E-state index contributed by atoms with van der Waals surface area (Å²) in [6, 6.07) is 45.5. The molecule has 3 nitrogen and oxygen atoms in total. The number of nitrogens with zero attached hydrogens (tertiary/aromatic N) is 2. The van der Waals surface area contributed by atoms with Crippen molar-refractivity contribution in [3.05, 3.63) is 132 Å². The van der Waals surface area contributed by atoms with Gasteiger partial charge in [0.2, 0.25) is 0 Å². The lowest BCUT2D eigenvalue weighted by Crippen LogP contribution is -1.94. The second kappa shape index (κ2) is 9.46. The highest BCUT2D eigenvalue weighted by Crippen LogP contribution is 2.45. The number of hydrogen-bond donors (Lipinski definition) is 0. The molecule has 42 heavy (non-hydrogen) atoms. The van der Waals surface area contributed by atoms with Gasteiger partial charge in [0.15, 0.2) is 0 Å². The predicted molar refractivity (Wildman–Crippen MR) is 172 cm³/mol. The number of furan rings is 1. The van der Waals surface area contributed by atoms with E-state index in [1.54, 1.807) is 11.3 Å². The molecule has 0 aliphatic rings. The maximum Gasteiger partial charge on any atom is 0.136 e. The molecule has 2 heterocycles. The van der Waals surface area contributed by atoms with Crippen LogP contribution in [0.15, 0.2) is 126 Å². The summed E-state index contributed by atoms with van der Waals surface area (Å²) in [5.41, 5.74) is 8.51. The van der Waals surface area contributed by atoms with Crippen molar-refractivity contribution in [3.63, 3.8) is 0 Å². The predicted octanol–water partition coefficient (Wildman–Crippen LogP) is 10.7. The third-order valence-corrected chi connectivity index (χ3v) is 9.20. The van der Waals surface area contributed by atoms with Gasteiger partial charge in [0.25, 0.3) is 0 Å². The lowest BCUT2D eigenvalue weighted by molar-refractivity contribution is 0.669. The molecule has 0 aliphatic carbocycles. The summed E-state index contributed by atoms with van der Waals surface area (Å²) in [6.07, 6.45) is 0. The average Bonchev–Trinajstić information content (AvgIpc) is 3.63. The van der Waals surface area contributed by atoms with Gasteiger partial charge in [0.05, 0.1) is 17.2 Å². The largest absolute Gasteiger partial charge is 0.456 e. The summed E-state index contributed by atoms with van der Waals surface area (Å²) in [5.74, 6) is 0. The van der Waals surface area contributed by atoms with Gasteiger partial charge in [-0.05, 0) is 59.2 Å². The molecule has 0 unspecified atom stereocenters. The van der Waals surface area contributed by atoms with Gasteiger partial charge in [0, 0.05) is 47.6 Å². The van der Waals surface area contributed by atoms with Crippen LogP contribution >= 0.6 is 11.3 Å². The van der Waals surface area contributed by atoms with Crippen molar-refractivity contribution in [2.75, 3.05) is 0 Å². The van der Waals surface area contributed by atoms with E-state index in [2.05, 4.69) is 78.9 Å². The molecule has 0 atom stereocenters. The van der Waals surface area contributed by atoms with Crippen LogP contribution in [-0.2, 0) is 0 Å². The maximum atomic E-state index is 10.8. The topological polar surface area (TPSA) is 60.7 Å². The van der Waals surface area contributed by atoms with Crippen LogP contribution in [0, 0.1) is 22.7 Å². The minimum atomic E-state index is 0.609. The van der Waals surface area contributed by atoms with Crippen LogP contribution in [0.3, 0.4) is 0 Å². The van der Waals surface area contributed by atoms with Gasteiger partial charge >= 0.3 is 0 Å². The lowest BCUT2D eigenvalue weighted by atomic mass is 9.86. The smallest absolute Gasteiger partial charge is 0.136 e. The molecule has 0 saturated heterocycles. The van der Waals surface area contributed by atoms with Crippen molar-refractivity contribution in [1.29, 1.82) is 10.5 Å². The van der Waals surface area contributed by atoms with Gasteiger partial charge in [-0.2, -0.15) is 10.5 Å². The Kier molecular flexibility index (Phi) is 5.44. The summed E-state index contributed by atoms with van der Waals surface area (Å²) in [5, 5.41) is 24.6. The molecule has 0 spiro atoms. The first-order valence-electron chi connectivity index (χ1n) is 13.6. The highest BCUT2D eigenvalue weighted by molar-refractivity contribution is 7.26. The fourth-order valence-corrected chi connectivity index (χ4v) is 7.28. The Labute approximate surface area is 245 Å². The van der Waals surface area contributed by atoms with E-state index in [4.69, 9.17) is 4.42 Å². The van der Waals surface area contributed by atoms with Crippen LogP contribution in [0.1, 0.15) is 11.1 Å². The van der Waals surface area contributed by atoms with Crippen molar-refractivity contribution in [2.24, 2.45) is 0 Å². The highest BCUT2D eigenvalue weighted by Gasteiger charge is 2.21. The van der Waals surface area contributed by atoms with Crippen molar-refractivity contribution in [1.82, 2.24) is 0 Å². The number of hydrogen-bond acceptors (Lipinski definition) is 4. The summed E-state index contributed by atoms with van der Waals surface area (Å²) >= 11 is 1.76. The van der Waals surface area contributed by atoms with Gasteiger partial charge in [-0.15, -0.1) is 11.3 Å². The first-order chi connectivity index (χ1) is 20.7. The molecule has 8 aromatic rings. The van der Waals surface area contributed by atoms with E-state index >= 15 is 0 Å². The van der Waals surface area contributed by atoms with Crippen LogP contribution in [0.4, 0.5) is 0 Å². The second-order valence-corrected chi connectivity index (χ2v) is 11.4. The Morgan fingerprint density at radius 1 is 0.524 bits per heavy atom. The zero-order valence-electron chi connectivity index (χ0n) is 22.3. The molecule has 0 bridgehead atoms. The zero-order valence-corrected chi connectivity index (χ0v) is 23.1. The fourth-order valence-electron chi connectivity index (χ4n) is 6.05. The normalized spacial score (nSPS) is 11.3. The molecule has 0 N–H and O–H groups in total. The first kappa shape index (κ1) is 24.1. The van der Waals surface area contributed by atoms with Crippen LogP contribution in [-0.4, -0.2) is 0 Å². The van der Waals surface area contributed by atoms with Crippen LogP contribution in [0.2, 0.25) is 0 Å². The second-order valence-electron chi connectivity index (χ2n) is 10.3. The van der Waals surface area contributed by atoms with Crippen LogP contribution in [0.5, 0.6) is 0 Å². The van der Waals surface area contributed by atoms with E-state index in [1.165, 1.54) is 15.5 Å². The SMILES string of the molecule is N#Cc1ccc(-c2cc(-c3cccc4c3sc3ccccc34)c(C#N)c(-c3cccc4oc5ccccc5c34)c2)cc1. The number of fused-ring (bicyclic) bond motifs is 6. The van der Waals surface area contributed by atoms with E-state index in [9.17, 15) is 10.5 Å². The number of para-hydroxylation sites is 1. The molecule has 8 rings (SSSR count). The lowest BCUT2D eigenvalue weighted by Gasteiger charge is -2.15. The van der Waals surface area contributed by atoms with E-state index < -0.39 is 0 Å². The molecule has 4 heteroatoms. The highest BCUT2D eigenvalue weighted by atomic mass is 32.1. The molecular formula is C38H20N2OS. The molecule has 0 saturated carbocycles. The van der Waals surface area contributed by atoms with Crippen LogP contribution in [0.25, 0.3) is 75.5 Å². The average molecular weight is 553 g/mol. The fraction of sp³-hybridized carbons (Fsp3) is 0. The van der Waals surface area contributed by atoms with Crippen molar-refractivity contribution >= 4 is 53.4 Å². The van der Waals surface area contributed by atoms with E-state index in [0.717, 1.165) is 60.0 Å². The molecule has 0 amide bonds. The first-order valence-corrected chi connectivity index (χ1v) is 14.4. The quantitative estimate of drug-likeness (QED) is 0.219.